The first-order chi connectivity index (χ1) is 8.76. The molecule has 1 unspecified atom stereocenters. The van der Waals surface area contributed by atoms with E-state index in [0.717, 1.165) is 37.6 Å². The molecule has 8 heteroatoms. The molecule has 0 aromatic carbocycles. The van der Waals surface area contributed by atoms with Crippen molar-refractivity contribution in [2.24, 2.45) is 5.84 Å². The molecule has 0 spiro atoms. The normalized spacial score (nSPS) is 24.4. The van der Waals surface area contributed by atoms with E-state index in [9.17, 15) is 4.79 Å². The largest absolute Gasteiger partial charge is 0.337 e. The van der Waals surface area contributed by atoms with Gasteiger partial charge in [-0.05, 0) is 6.42 Å². The molecule has 0 saturated carbocycles. The van der Waals surface area contributed by atoms with Crippen LogP contribution in [0, 0.1) is 0 Å². The number of rotatable bonds is 3. The smallest absolute Gasteiger partial charge is 0.222 e. The number of aromatic nitrogens is 2. The van der Waals surface area contributed by atoms with E-state index in [1.165, 1.54) is 11.3 Å². The van der Waals surface area contributed by atoms with E-state index in [1.54, 1.807) is 0 Å². The molecule has 7 nitrogen and oxygen atoms in total. The number of fused-ring (bicyclic) bond motifs is 1. The molecule has 2 aliphatic heterocycles. The lowest BCUT2D eigenvalue weighted by Gasteiger charge is -2.37. The zero-order valence-electron chi connectivity index (χ0n) is 10.0. The minimum absolute atomic E-state index is 0.310. The maximum Gasteiger partial charge on any atom is 0.222 e. The summed E-state index contributed by atoms with van der Waals surface area (Å²) in [5.74, 6) is 5.59. The standard InChI is InChI=1S/C10H16N6OS/c11-12-10-14-13-8(18-10)6-15-3-4-16-7(5-15)1-2-9(16)17/h7H,1-6,11H2,(H,12,14). The summed E-state index contributed by atoms with van der Waals surface area (Å²) in [7, 11) is 0. The average molecular weight is 268 g/mol. The molecule has 1 aromatic heterocycles. The van der Waals surface area contributed by atoms with Crippen molar-refractivity contribution in [1.82, 2.24) is 20.0 Å². The number of hydrogen-bond donors (Lipinski definition) is 2. The van der Waals surface area contributed by atoms with Gasteiger partial charge in [0.25, 0.3) is 0 Å². The lowest BCUT2D eigenvalue weighted by atomic mass is 10.1. The molecule has 3 rings (SSSR count). The summed E-state index contributed by atoms with van der Waals surface area (Å²) in [6.07, 6.45) is 1.69. The Bertz CT molecular complexity index is 449. The van der Waals surface area contributed by atoms with Crippen LogP contribution in [-0.2, 0) is 11.3 Å². The lowest BCUT2D eigenvalue weighted by molar-refractivity contribution is -0.130. The molecule has 1 atom stereocenters. The van der Waals surface area contributed by atoms with Crippen LogP contribution in [0.1, 0.15) is 17.8 Å². The van der Waals surface area contributed by atoms with Crippen LogP contribution >= 0.6 is 11.3 Å². The fraction of sp³-hybridized carbons (Fsp3) is 0.700. The van der Waals surface area contributed by atoms with Gasteiger partial charge in [-0.2, -0.15) is 0 Å². The summed E-state index contributed by atoms with van der Waals surface area (Å²) in [6, 6.07) is 0.395. The second kappa shape index (κ2) is 4.79. The van der Waals surface area contributed by atoms with E-state index in [0.29, 0.717) is 23.5 Å². The predicted octanol–water partition coefficient (Wildman–Crippen LogP) is -0.370. The van der Waals surface area contributed by atoms with Crippen molar-refractivity contribution in [3.05, 3.63) is 5.01 Å². The van der Waals surface area contributed by atoms with E-state index < -0.39 is 0 Å². The SMILES string of the molecule is NNc1nnc(CN2CCN3C(=O)CCC3C2)s1. The Morgan fingerprint density at radius 2 is 2.33 bits per heavy atom. The molecular formula is C10H16N6OS. The molecule has 3 heterocycles. The lowest BCUT2D eigenvalue weighted by Crippen LogP contribution is -2.50. The highest BCUT2D eigenvalue weighted by atomic mass is 32.1. The number of nitrogens with zero attached hydrogens (tertiary/aromatic N) is 4. The summed E-state index contributed by atoms with van der Waals surface area (Å²) >= 11 is 1.47. The zero-order valence-corrected chi connectivity index (χ0v) is 10.8. The van der Waals surface area contributed by atoms with Gasteiger partial charge in [0.2, 0.25) is 11.0 Å². The second-order valence-corrected chi connectivity index (χ2v) is 5.72. The predicted molar refractivity (Wildman–Crippen MR) is 67.7 cm³/mol. The number of nitrogens with two attached hydrogens (primary N) is 1. The van der Waals surface area contributed by atoms with Gasteiger partial charge in [-0.1, -0.05) is 11.3 Å². The molecule has 2 saturated heterocycles. The molecular weight excluding hydrogens is 252 g/mol. The average Bonchev–Trinajstić information content (AvgIpc) is 2.97. The summed E-state index contributed by atoms with van der Waals surface area (Å²) in [5, 5.41) is 9.60. The first-order valence-corrected chi connectivity index (χ1v) is 6.89. The molecule has 98 valence electrons. The molecule has 1 aromatic rings. The van der Waals surface area contributed by atoms with Crippen LogP contribution in [-0.4, -0.2) is 51.6 Å². The molecule has 2 fully saturated rings. The number of anilines is 1. The summed E-state index contributed by atoms with van der Waals surface area (Å²) in [5.41, 5.74) is 2.50. The van der Waals surface area contributed by atoms with Crippen LogP contribution in [0.2, 0.25) is 0 Å². The first kappa shape index (κ1) is 11.8. The minimum atomic E-state index is 0.310. The first-order valence-electron chi connectivity index (χ1n) is 6.07. The number of nitrogens with one attached hydrogen (secondary N) is 1. The number of hydrazine groups is 1. The van der Waals surface area contributed by atoms with E-state index in [4.69, 9.17) is 5.84 Å². The summed E-state index contributed by atoms with van der Waals surface area (Å²) < 4.78 is 0. The maximum absolute atomic E-state index is 11.6. The third-order valence-electron chi connectivity index (χ3n) is 3.53. The van der Waals surface area contributed by atoms with Crippen LogP contribution in [0.4, 0.5) is 5.13 Å². The van der Waals surface area contributed by atoms with Crippen molar-refractivity contribution in [2.45, 2.75) is 25.4 Å². The highest BCUT2D eigenvalue weighted by Crippen LogP contribution is 2.24. The van der Waals surface area contributed by atoms with E-state index >= 15 is 0 Å². The zero-order chi connectivity index (χ0) is 12.5. The van der Waals surface area contributed by atoms with E-state index in [2.05, 4.69) is 20.5 Å². The van der Waals surface area contributed by atoms with Crippen molar-refractivity contribution in [2.75, 3.05) is 25.1 Å². The maximum atomic E-state index is 11.6. The van der Waals surface area contributed by atoms with Gasteiger partial charge in [0.05, 0.1) is 6.54 Å². The summed E-state index contributed by atoms with van der Waals surface area (Å²) in [4.78, 5) is 15.9. The number of carbonyl (C=O) groups is 1. The van der Waals surface area contributed by atoms with Gasteiger partial charge in [0.1, 0.15) is 5.01 Å². The third-order valence-corrected chi connectivity index (χ3v) is 4.37. The fourth-order valence-corrected chi connectivity index (χ4v) is 3.33. The molecule has 0 radical (unpaired) electrons. The van der Waals surface area contributed by atoms with Crippen LogP contribution in [0.5, 0.6) is 0 Å². The van der Waals surface area contributed by atoms with Crippen LogP contribution in [0.3, 0.4) is 0 Å². The Labute approximate surface area is 109 Å². The van der Waals surface area contributed by atoms with Gasteiger partial charge in [-0.25, -0.2) is 5.84 Å². The Hall–Kier alpha value is -1.25. The quantitative estimate of drug-likeness (QED) is 0.574. The number of amides is 1. The molecule has 2 aliphatic rings. The number of nitrogen functional groups attached to an aromatic ring is 1. The van der Waals surface area contributed by atoms with Crippen molar-refractivity contribution in [3.8, 4) is 0 Å². The van der Waals surface area contributed by atoms with Gasteiger partial charge in [-0.3, -0.25) is 15.1 Å². The highest BCUT2D eigenvalue weighted by Gasteiger charge is 2.35. The summed E-state index contributed by atoms with van der Waals surface area (Å²) in [6.45, 7) is 3.48. The number of carbonyl (C=O) groups excluding carboxylic acids is 1. The Balaban J connectivity index is 1.60. The van der Waals surface area contributed by atoms with Crippen molar-refractivity contribution >= 4 is 22.4 Å². The van der Waals surface area contributed by atoms with E-state index in [-0.39, 0.29) is 0 Å². The van der Waals surface area contributed by atoms with E-state index in [1.807, 2.05) is 4.90 Å². The Kier molecular flexibility index (Phi) is 3.14. The Morgan fingerprint density at radius 1 is 1.44 bits per heavy atom. The van der Waals surface area contributed by atoms with Gasteiger partial charge < -0.3 is 4.90 Å². The van der Waals surface area contributed by atoms with Crippen molar-refractivity contribution < 1.29 is 4.79 Å². The van der Waals surface area contributed by atoms with Gasteiger partial charge >= 0.3 is 0 Å². The van der Waals surface area contributed by atoms with Crippen molar-refractivity contribution in [1.29, 1.82) is 0 Å². The minimum Gasteiger partial charge on any atom is -0.337 e. The Morgan fingerprint density at radius 3 is 3.11 bits per heavy atom. The molecule has 18 heavy (non-hydrogen) atoms. The van der Waals surface area contributed by atoms with Gasteiger partial charge in [0.15, 0.2) is 0 Å². The van der Waals surface area contributed by atoms with Crippen LogP contribution < -0.4 is 11.3 Å². The molecule has 0 aliphatic carbocycles. The fourth-order valence-electron chi connectivity index (χ4n) is 2.64. The van der Waals surface area contributed by atoms with Crippen molar-refractivity contribution in [3.63, 3.8) is 0 Å². The van der Waals surface area contributed by atoms with Gasteiger partial charge in [0, 0.05) is 32.1 Å². The topological polar surface area (TPSA) is 87.4 Å². The number of piperazine rings is 1. The second-order valence-electron chi connectivity index (χ2n) is 4.66. The molecule has 1 amide bonds. The highest BCUT2D eigenvalue weighted by molar-refractivity contribution is 7.15. The third kappa shape index (κ3) is 2.18. The van der Waals surface area contributed by atoms with Gasteiger partial charge in [-0.15, -0.1) is 10.2 Å². The molecule has 3 N–H and O–H groups in total. The number of hydrogen-bond acceptors (Lipinski definition) is 7. The monoisotopic (exact) mass is 268 g/mol. The van der Waals surface area contributed by atoms with Crippen LogP contribution in [0.25, 0.3) is 0 Å². The van der Waals surface area contributed by atoms with Crippen LogP contribution in [0.15, 0.2) is 0 Å². The molecule has 0 bridgehead atoms.